The highest BCUT2D eigenvalue weighted by Crippen LogP contribution is 2.59. The smallest absolute Gasteiger partial charge is 0.330 e. The molecule has 88 valence electrons. The molecule has 1 N–H and O–H groups in total. The number of hydrogen-bond acceptors (Lipinski definition) is 3. The van der Waals surface area contributed by atoms with E-state index in [0.29, 0.717) is 0 Å². The Morgan fingerprint density at radius 2 is 2.00 bits per heavy atom. The van der Waals surface area contributed by atoms with Crippen LogP contribution in [-0.4, -0.2) is 23.1 Å². The maximum Gasteiger partial charge on any atom is 0.330 e. The van der Waals surface area contributed by atoms with Gasteiger partial charge in [0.25, 0.3) is 0 Å². The molecule has 0 aromatic heterocycles. The van der Waals surface area contributed by atoms with Crippen molar-refractivity contribution in [3.63, 3.8) is 0 Å². The highest BCUT2D eigenvalue weighted by atomic mass is 16.5. The molecule has 2 rings (SSSR count). The van der Waals surface area contributed by atoms with Crippen molar-refractivity contribution < 1.29 is 19.4 Å². The Bertz CT molecular complexity index is 352. The van der Waals surface area contributed by atoms with Gasteiger partial charge in [0.05, 0.1) is 5.92 Å². The number of carbonyl (C=O) groups is 2. The van der Waals surface area contributed by atoms with Crippen molar-refractivity contribution in [2.24, 2.45) is 17.3 Å². The molecule has 2 fully saturated rings. The topological polar surface area (TPSA) is 63.6 Å². The fraction of sp³-hybridized carbons (Fsp3) is 0.667. The fourth-order valence-electron chi connectivity index (χ4n) is 2.08. The van der Waals surface area contributed by atoms with Gasteiger partial charge in [0, 0.05) is 6.08 Å². The lowest BCUT2D eigenvalue weighted by Gasteiger charge is -1.97. The Hall–Kier alpha value is -1.32. The highest BCUT2D eigenvalue weighted by Gasteiger charge is 2.60. The number of aliphatic carboxylic acids is 1. The monoisotopic (exact) mass is 224 g/mol. The number of carboxylic acids is 1. The van der Waals surface area contributed by atoms with Crippen LogP contribution >= 0.6 is 0 Å². The number of ether oxygens (including phenoxy) is 1. The molecule has 0 aliphatic heterocycles. The van der Waals surface area contributed by atoms with Gasteiger partial charge >= 0.3 is 11.9 Å². The first-order valence-corrected chi connectivity index (χ1v) is 5.54. The predicted octanol–water partition coefficient (Wildman–Crippen LogP) is 1.60. The van der Waals surface area contributed by atoms with E-state index in [1.807, 2.05) is 13.8 Å². The quantitative estimate of drug-likeness (QED) is 0.582. The van der Waals surface area contributed by atoms with E-state index < -0.39 is 5.97 Å². The summed E-state index contributed by atoms with van der Waals surface area (Å²) in [5, 5.41) is 8.93. The summed E-state index contributed by atoms with van der Waals surface area (Å²) >= 11 is 0. The zero-order valence-corrected chi connectivity index (χ0v) is 9.47. The van der Waals surface area contributed by atoms with Gasteiger partial charge in [-0.3, -0.25) is 4.79 Å². The first-order chi connectivity index (χ1) is 7.43. The standard InChI is InChI=1S/C12H16O4/c1-12(2)8(10(12)11(14)15)5-6-9(13)16-7-3-4-7/h5-8,10H,3-4H2,1-2H3,(H,14,15). The second kappa shape index (κ2) is 3.61. The van der Waals surface area contributed by atoms with E-state index >= 15 is 0 Å². The summed E-state index contributed by atoms with van der Waals surface area (Å²) in [6.07, 6.45) is 5.04. The normalized spacial score (nSPS) is 31.4. The Kier molecular flexibility index (Phi) is 2.52. The van der Waals surface area contributed by atoms with Crippen LogP contribution in [0.4, 0.5) is 0 Å². The van der Waals surface area contributed by atoms with Crippen LogP contribution in [0.3, 0.4) is 0 Å². The van der Waals surface area contributed by atoms with Gasteiger partial charge in [0.15, 0.2) is 0 Å². The maximum atomic E-state index is 11.3. The lowest BCUT2D eigenvalue weighted by atomic mass is 10.1. The van der Waals surface area contributed by atoms with Crippen molar-refractivity contribution in [3.05, 3.63) is 12.2 Å². The largest absolute Gasteiger partial charge is 0.481 e. The molecule has 0 heterocycles. The van der Waals surface area contributed by atoms with Gasteiger partial charge in [-0.25, -0.2) is 4.79 Å². The number of allylic oxidation sites excluding steroid dienone is 1. The minimum Gasteiger partial charge on any atom is -0.481 e. The first-order valence-electron chi connectivity index (χ1n) is 5.54. The van der Waals surface area contributed by atoms with Crippen LogP contribution < -0.4 is 0 Å². The Morgan fingerprint density at radius 1 is 1.38 bits per heavy atom. The van der Waals surface area contributed by atoms with Crippen molar-refractivity contribution >= 4 is 11.9 Å². The molecule has 0 amide bonds. The number of hydrogen-bond donors (Lipinski definition) is 1. The van der Waals surface area contributed by atoms with Crippen LogP contribution in [0.25, 0.3) is 0 Å². The van der Waals surface area contributed by atoms with Gasteiger partial charge in [-0.15, -0.1) is 0 Å². The molecule has 2 saturated carbocycles. The van der Waals surface area contributed by atoms with Crippen molar-refractivity contribution in [1.82, 2.24) is 0 Å². The Labute approximate surface area is 94.3 Å². The summed E-state index contributed by atoms with van der Waals surface area (Å²) < 4.78 is 5.03. The molecule has 0 bridgehead atoms. The summed E-state index contributed by atoms with van der Waals surface area (Å²) in [5.41, 5.74) is -0.248. The third-order valence-electron chi connectivity index (χ3n) is 3.42. The SMILES string of the molecule is CC1(C)C(C=CC(=O)OC2CC2)C1C(=O)O. The minimum atomic E-state index is -0.796. The Balaban J connectivity index is 1.87. The third kappa shape index (κ3) is 2.10. The van der Waals surface area contributed by atoms with Crippen molar-refractivity contribution in [3.8, 4) is 0 Å². The van der Waals surface area contributed by atoms with E-state index in [-0.39, 0.29) is 29.3 Å². The number of esters is 1. The minimum absolute atomic E-state index is 0.0586. The second-order valence-electron chi connectivity index (χ2n) is 5.16. The zero-order valence-electron chi connectivity index (χ0n) is 9.47. The lowest BCUT2D eigenvalue weighted by Crippen LogP contribution is -2.03. The Morgan fingerprint density at radius 3 is 2.44 bits per heavy atom. The predicted molar refractivity (Wildman–Crippen MR) is 56.7 cm³/mol. The van der Waals surface area contributed by atoms with Crippen LogP contribution in [0.2, 0.25) is 0 Å². The summed E-state index contributed by atoms with van der Waals surface area (Å²) in [7, 11) is 0. The second-order valence-corrected chi connectivity index (χ2v) is 5.16. The molecule has 4 heteroatoms. The number of carbonyl (C=O) groups excluding carboxylic acids is 1. The van der Waals surface area contributed by atoms with Gasteiger partial charge in [0.1, 0.15) is 6.10 Å². The average Bonchev–Trinajstić information content (AvgIpc) is 3.01. The van der Waals surface area contributed by atoms with E-state index in [1.165, 1.54) is 6.08 Å². The van der Waals surface area contributed by atoms with Crippen LogP contribution in [0.1, 0.15) is 26.7 Å². The summed E-state index contributed by atoms with van der Waals surface area (Å²) in [4.78, 5) is 22.1. The molecule has 2 aliphatic carbocycles. The zero-order chi connectivity index (χ0) is 11.9. The molecule has 0 radical (unpaired) electrons. The maximum absolute atomic E-state index is 11.3. The van der Waals surface area contributed by atoms with Gasteiger partial charge in [-0.1, -0.05) is 19.9 Å². The average molecular weight is 224 g/mol. The lowest BCUT2D eigenvalue weighted by molar-refractivity contribution is -0.140. The van der Waals surface area contributed by atoms with Gasteiger partial charge in [0.2, 0.25) is 0 Å². The van der Waals surface area contributed by atoms with Gasteiger partial charge in [-0.05, 0) is 24.2 Å². The van der Waals surface area contributed by atoms with Crippen LogP contribution in [0.5, 0.6) is 0 Å². The molecular weight excluding hydrogens is 208 g/mol. The molecule has 2 aliphatic rings. The third-order valence-corrected chi connectivity index (χ3v) is 3.42. The molecule has 2 unspecified atom stereocenters. The van der Waals surface area contributed by atoms with E-state index in [2.05, 4.69) is 0 Å². The molecule has 2 atom stereocenters. The molecule has 0 aromatic rings. The molecule has 4 nitrogen and oxygen atoms in total. The van der Waals surface area contributed by atoms with Gasteiger partial charge < -0.3 is 9.84 Å². The van der Waals surface area contributed by atoms with Crippen molar-refractivity contribution in [2.75, 3.05) is 0 Å². The van der Waals surface area contributed by atoms with Crippen LogP contribution in [-0.2, 0) is 14.3 Å². The van der Waals surface area contributed by atoms with Gasteiger partial charge in [-0.2, -0.15) is 0 Å². The van der Waals surface area contributed by atoms with E-state index in [1.54, 1.807) is 6.08 Å². The molecule has 0 saturated heterocycles. The van der Waals surface area contributed by atoms with Crippen LogP contribution in [0, 0.1) is 17.3 Å². The number of carboxylic acid groups (broad SMARTS) is 1. The number of rotatable bonds is 4. The molecule has 0 spiro atoms. The molecule has 16 heavy (non-hydrogen) atoms. The summed E-state index contributed by atoms with van der Waals surface area (Å²) in [6, 6.07) is 0. The fourth-order valence-corrected chi connectivity index (χ4v) is 2.08. The molecular formula is C12H16O4. The highest BCUT2D eigenvalue weighted by molar-refractivity contribution is 5.83. The first kappa shape index (κ1) is 11.2. The summed E-state index contributed by atoms with van der Waals surface area (Å²) in [6.45, 7) is 3.79. The molecule has 0 aromatic carbocycles. The summed E-state index contributed by atoms with van der Waals surface area (Å²) in [5.74, 6) is -1.58. The van der Waals surface area contributed by atoms with E-state index in [0.717, 1.165) is 12.8 Å². The van der Waals surface area contributed by atoms with Crippen LogP contribution in [0.15, 0.2) is 12.2 Å². The van der Waals surface area contributed by atoms with Crippen molar-refractivity contribution in [1.29, 1.82) is 0 Å². The van der Waals surface area contributed by atoms with E-state index in [4.69, 9.17) is 9.84 Å². The van der Waals surface area contributed by atoms with Crippen molar-refractivity contribution in [2.45, 2.75) is 32.8 Å². The van der Waals surface area contributed by atoms with E-state index in [9.17, 15) is 9.59 Å².